The Balaban J connectivity index is 1.78. The number of hydrogen-bond donors (Lipinski definition) is 0. The summed E-state index contributed by atoms with van der Waals surface area (Å²) in [6.45, 7) is 3.15. The molecular weight excluding hydrogens is 278 g/mol. The summed E-state index contributed by atoms with van der Waals surface area (Å²) in [7, 11) is 1.68. The molecule has 1 amide bonds. The fourth-order valence-corrected chi connectivity index (χ4v) is 3.14. The number of carbonyl (C=O) groups excluding carboxylic acids is 1. The maximum atomic E-state index is 12.5. The minimum atomic E-state index is 0.125. The van der Waals surface area contributed by atoms with Crippen LogP contribution >= 0.6 is 0 Å². The summed E-state index contributed by atoms with van der Waals surface area (Å²) in [5.41, 5.74) is 2.29. The molecule has 0 bridgehead atoms. The van der Waals surface area contributed by atoms with Crippen molar-refractivity contribution in [2.24, 2.45) is 0 Å². The first-order chi connectivity index (χ1) is 10.7. The van der Waals surface area contributed by atoms with Crippen LogP contribution in [0.15, 0.2) is 36.7 Å². The second kappa shape index (κ2) is 6.22. The molecule has 1 saturated heterocycles. The zero-order valence-corrected chi connectivity index (χ0v) is 13.0. The van der Waals surface area contributed by atoms with Gasteiger partial charge in [-0.25, -0.2) is 0 Å². The number of hydrogen-bond acceptors (Lipinski definition) is 3. The van der Waals surface area contributed by atoms with Gasteiger partial charge in [-0.15, -0.1) is 0 Å². The highest BCUT2D eigenvalue weighted by molar-refractivity contribution is 5.76. The Morgan fingerprint density at radius 2 is 2.32 bits per heavy atom. The highest BCUT2D eigenvalue weighted by Crippen LogP contribution is 2.34. The molecule has 1 atom stereocenters. The lowest BCUT2D eigenvalue weighted by Crippen LogP contribution is -2.33. The van der Waals surface area contributed by atoms with Gasteiger partial charge < -0.3 is 9.64 Å². The standard InChI is InChI=1S/C17H21N3O2/c1-13-11-14(6-7-16(13)22-2)15-5-3-10-20(15)17(21)12-19-9-4-8-18-19/h4,6-9,11,15H,3,5,10,12H2,1-2H3. The number of amides is 1. The van der Waals surface area contributed by atoms with E-state index in [1.54, 1.807) is 18.0 Å². The zero-order chi connectivity index (χ0) is 15.5. The van der Waals surface area contributed by atoms with E-state index in [0.717, 1.165) is 30.7 Å². The zero-order valence-electron chi connectivity index (χ0n) is 13.0. The van der Waals surface area contributed by atoms with Crippen molar-refractivity contribution in [1.29, 1.82) is 0 Å². The number of likely N-dealkylation sites (tertiary alicyclic amines) is 1. The van der Waals surface area contributed by atoms with Crippen LogP contribution in [-0.4, -0.2) is 34.2 Å². The molecule has 0 radical (unpaired) electrons. The number of aryl methyl sites for hydroxylation is 1. The summed E-state index contributed by atoms with van der Waals surface area (Å²) < 4.78 is 6.99. The smallest absolute Gasteiger partial charge is 0.244 e. The van der Waals surface area contributed by atoms with Crippen molar-refractivity contribution < 1.29 is 9.53 Å². The minimum Gasteiger partial charge on any atom is -0.496 e. The van der Waals surface area contributed by atoms with Crippen LogP contribution in [0, 0.1) is 6.92 Å². The van der Waals surface area contributed by atoms with Gasteiger partial charge in [0.05, 0.1) is 13.2 Å². The number of benzene rings is 1. The van der Waals surface area contributed by atoms with Crippen molar-refractivity contribution in [2.45, 2.75) is 32.4 Å². The van der Waals surface area contributed by atoms with E-state index in [0.29, 0.717) is 6.54 Å². The van der Waals surface area contributed by atoms with Gasteiger partial charge in [-0.3, -0.25) is 9.48 Å². The average Bonchev–Trinajstić information content (AvgIpc) is 3.18. The fraction of sp³-hybridized carbons (Fsp3) is 0.412. The molecule has 2 heterocycles. The van der Waals surface area contributed by atoms with Crippen molar-refractivity contribution in [1.82, 2.24) is 14.7 Å². The molecule has 1 aliphatic heterocycles. The first kappa shape index (κ1) is 14.6. The molecule has 0 spiro atoms. The van der Waals surface area contributed by atoms with Gasteiger partial charge in [-0.2, -0.15) is 5.10 Å². The normalized spacial score (nSPS) is 17.7. The summed E-state index contributed by atoms with van der Waals surface area (Å²) in [5, 5.41) is 4.11. The first-order valence-corrected chi connectivity index (χ1v) is 7.60. The second-order valence-corrected chi connectivity index (χ2v) is 5.68. The Morgan fingerprint density at radius 3 is 3.00 bits per heavy atom. The lowest BCUT2D eigenvalue weighted by atomic mass is 10.0. The molecule has 2 aromatic rings. The molecule has 1 aromatic heterocycles. The summed E-state index contributed by atoms with van der Waals surface area (Å²) in [6, 6.07) is 8.17. The van der Waals surface area contributed by atoms with Crippen molar-refractivity contribution in [2.75, 3.05) is 13.7 Å². The van der Waals surface area contributed by atoms with E-state index in [-0.39, 0.29) is 11.9 Å². The van der Waals surface area contributed by atoms with Crippen LogP contribution in [0.4, 0.5) is 0 Å². The van der Waals surface area contributed by atoms with E-state index in [1.807, 2.05) is 30.2 Å². The molecule has 3 rings (SSSR count). The van der Waals surface area contributed by atoms with Gasteiger partial charge in [-0.1, -0.05) is 12.1 Å². The van der Waals surface area contributed by atoms with Crippen LogP contribution in [0.1, 0.15) is 30.0 Å². The topological polar surface area (TPSA) is 47.4 Å². The number of methoxy groups -OCH3 is 1. The van der Waals surface area contributed by atoms with Crippen LogP contribution in [0.3, 0.4) is 0 Å². The molecule has 116 valence electrons. The summed E-state index contributed by atoms with van der Waals surface area (Å²) in [4.78, 5) is 14.5. The predicted molar refractivity (Wildman–Crippen MR) is 83.6 cm³/mol. The van der Waals surface area contributed by atoms with E-state index >= 15 is 0 Å². The van der Waals surface area contributed by atoms with Gasteiger partial charge >= 0.3 is 0 Å². The van der Waals surface area contributed by atoms with Crippen LogP contribution in [0.2, 0.25) is 0 Å². The summed E-state index contributed by atoms with van der Waals surface area (Å²) in [5.74, 6) is 1.01. The minimum absolute atomic E-state index is 0.125. The third-order valence-electron chi connectivity index (χ3n) is 4.23. The Kier molecular flexibility index (Phi) is 4.13. The van der Waals surface area contributed by atoms with Crippen LogP contribution < -0.4 is 4.74 Å². The second-order valence-electron chi connectivity index (χ2n) is 5.68. The molecular formula is C17H21N3O2. The molecule has 1 unspecified atom stereocenters. The highest BCUT2D eigenvalue weighted by Gasteiger charge is 2.30. The van der Waals surface area contributed by atoms with E-state index in [2.05, 4.69) is 17.2 Å². The van der Waals surface area contributed by atoms with E-state index in [4.69, 9.17) is 4.74 Å². The third-order valence-corrected chi connectivity index (χ3v) is 4.23. The van der Waals surface area contributed by atoms with Crippen molar-refractivity contribution in [3.05, 3.63) is 47.8 Å². The predicted octanol–water partition coefficient (Wildman–Crippen LogP) is 2.56. The Hall–Kier alpha value is -2.30. The van der Waals surface area contributed by atoms with Gasteiger partial charge in [0.2, 0.25) is 5.91 Å². The molecule has 0 saturated carbocycles. The third kappa shape index (κ3) is 2.84. The lowest BCUT2D eigenvalue weighted by molar-refractivity contribution is -0.133. The van der Waals surface area contributed by atoms with Crippen LogP contribution in [-0.2, 0) is 11.3 Å². The number of rotatable bonds is 4. The van der Waals surface area contributed by atoms with Crippen molar-refractivity contribution >= 4 is 5.91 Å². The largest absolute Gasteiger partial charge is 0.496 e. The summed E-state index contributed by atoms with van der Waals surface area (Å²) >= 11 is 0. The first-order valence-electron chi connectivity index (χ1n) is 7.60. The number of carbonyl (C=O) groups is 1. The fourth-order valence-electron chi connectivity index (χ4n) is 3.14. The van der Waals surface area contributed by atoms with Gasteiger partial charge in [0.15, 0.2) is 0 Å². The van der Waals surface area contributed by atoms with E-state index in [1.165, 1.54) is 5.56 Å². The SMILES string of the molecule is COc1ccc(C2CCCN2C(=O)Cn2cccn2)cc1C. The van der Waals surface area contributed by atoms with E-state index in [9.17, 15) is 4.79 Å². The Morgan fingerprint density at radius 1 is 1.45 bits per heavy atom. The maximum Gasteiger partial charge on any atom is 0.244 e. The molecule has 0 aliphatic carbocycles. The monoisotopic (exact) mass is 299 g/mol. The van der Waals surface area contributed by atoms with Gasteiger partial charge in [0.1, 0.15) is 12.3 Å². The quantitative estimate of drug-likeness (QED) is 0.871. The van der Waals surface area contributed by atoms with Crippen LogP contribution in [0.25, 0.3) is 0 Å². The van der Waals surface area contributed by atoms with Gasteiger partial charge in [0.25, 0.3) is 0 Å². The summed E-state index contributed by atoms with van der Waals surface area (Å²) in [6.07, 6.45) is 5.57. The van der Waals surface area contributed by atoms with Crippen molar-refractivity contribution in [3.8, 4) is 5.75 Å². The molecule has 22 heavy (non-hydrogen) atoms. The highest BCUT2D eigenvalue weighted by atomic mass is 16.5. The van der Waals surface area contributed by atoms with Crippen LogP contribution in [0.5, 0.6) is 5.75 Å². The van der Waals surface area contributed by atoms with Gasteiger partial charge in [-0.05, 0) is 43.0 Å². The molecule has 1 fully saturated rings. The van der Waals surface area contributed by atoms with Crippen molar-refractivity contribution in [3.63, 3.8) is 0 Å². The molecule has 0 N–H and O–H groups in total. The number of ether oxygens (including phenoxy) is 1. The molecule has 5 nitrogen and oxygen atoms in total. The number of nitrogens with zero attached hydrogens (tertiary/aromatic N) is 3. The average molecular weight is 299 g/mol. The number of aromatic nitrogens is 2. The molecule has 1 aromatic carbocycles. The Labute approximate surface area is 130 Å². The Bertz CT molecular complexity index is 652. The molecule has 1 aliphatic rings. The maximum absolute atomic E-state index is 12.5. The van der Waals surface area contributed by atoms with E-state index < -0.39 is 0 Å². The lowest BCUT2D eigenvalue weighted by Gasteiger charge is -2.25. The van der Waals surface area contributed by atoms with Gasteiger partial charge in [0, 0.05) is 18.9 Å². The molecule has 5 heteroatoms.